The summed E-state index contributed by atoms with van der Waals surface area (Å²) in [5.41, 5.74) is 1.72. The zero-order valence-corrected chi connectivity index (χ0v) is 17.9. The van der Waals surface area contributed by atoms with Gasteiger partial charge in [-0.2, -0.15) is 0 Å². The first-order valence-electron chi connectivity index (χ1n) is 9.77. The number of halogens is 2. The number of rotatable bonds is 5. The SMILES string of the molecule is COc1ccc(Cl)c(Cl)c1[C@H]1C[C@H]2CC(NC(=O)OCc3ccccc3)C(=O)N2C1. The maximum atomic E-state index is 12.8. The maximum absolute atomic E-state index is 12.8. The van der Waals surface area contributed by atoms with Gasteiger partial charge in [0.2, 0.25) is 5.91 Å². The fourth-order valence-electron chi connectivity index (χ4n) is 4.33. The summed E-state index contributed by atoms with van der Waals surface area (Å²) in [7, 11) is 1.59. The highest BCUT2D eigenvalue weighted by atomic mass is 35.5. The van der Waals surface area contributed by atoms with Crippen LogP contribution in [0.15, 0.2) is 42.5 Å². The quantitative estimate of drug-likeness (QED) is 0.736. The number of benzene rings is 2. The molecule has 2 saturated heterocycles. The zero-order valence-electron chi connectivity index (χ0n) is 16.4. The Kier molecular flexibility index (Phi) is 6.06. The Balaban J connectivity index is 1.37. The summed E-state index contributed by atoms with van der Waals surface area (Å²) in [6, 6.07) is 12.4. The third kappa shape index (κ3) is 4.07. The summed E-state index contributed by atoms with van der Waals surface area (Å²) in [5, 5.41) is 3.63. The van der Waals surface area contributed by atoms with E-state index >= 15 is 0 Å². The molecule has 2 heterocycles. The molecule has 158 valence electrons. The van der Waals surface area contributed by atoms with Crippen molar-refractivity contribution in [1.82, 2.24) is 10.2 Å². The predicted octanol–water partition coefficient (Wildman–Crippen LogP) is 4.39. The van der Waals surface area contributed by atoms with Crippen LogP contribution >= 0.6 is 23.2 Å². The molecule has 6 nitrogen and oxygen atoms in total. The van der Waals surface area contributed by atoms with Crippen LogP contribution in [-0.2, 0) is 16.1 Å². The molecule has 0 radical (unpaired) electrons. The minimum absolute atomic E-state index is 0.0293. The van der Waals surface area contributed by atoms with Crippen LogP contribution in [0.3, 0.4) is 0 Å². The molecule has 3 atom stereocenters. The van der Waals surface area contributed by atoms with E-state index in [-0.39, 0.29) is 24.5 Å². The molecule has 2 aromatic carbocycles. The van der Waals surface area contributed by atoms with Gasteiger partial charge in [-0.1, -0.05) is 53.5 Å². The van der Waals surface area contributed by atoms with E-state index in [2.05, 4.69) is 5.32 Å². The molecular weight excluding hydrogens is 427 g/mol. The lowest BCUT2D eigenvalue weighted by Gasteiger charge is -2.19. The summed E-state index contributed by atoms with van der Waals surface area (Å²) >= 11 is 12.6. The van der Waals surface area contributed by atoms with Gasteiger partial charge in [-0.25, -0.2) is 4.79 Å². The number of hydrogen-bond donors (Lipinski definition) is 1. The van der Waals surface area contributed by atoms with Gasteiger partial charge < -0.3 is 19.7 Å². The zero-order chi connectivity index (χ0) is 21.3. The lowest BCUT2D eigenvalue weighted by atomic mass is 9.93. The number of nitrogens with one attached hydrogen (secondary N) is 1. The minimum Gasteiger partial charge on any atom is -0.496 e. The standard InChI is InChI=1S/C22H22Cl2N2O4/c1-29-18-8-7-16(23)20(24)19(18)14-9-15-10-17(21(27)26(15)11-14)25-22(28)30-12-13-5-3-2-4-6-13/h2-8,14-15,17H,9-12H2,1H3,(H,25,28)/t14-,15-,17?/m0/s1. The van der Waals surface area contributed by atoms with Crippen LogP contribution in [0.25, 0.3) is 0 Å². The van der Waals surface area contributed by atoms with E-state index in [0.29, 0.717) is 28.8 Å². The van der Waals surface area contributed by atoms with Gasteiger partial charge >= 0.3 is 6.09 Å². The van der Waals surface area contributed by atoms with Crippen LogP contribution in [0, 0.1) is 0 Å². The van der Waals surface area contributed by atoms with Crippen molar-refractivity contribution in [2.75, 3.05) is 13.7 Å². The molecule has 0 saturated carbocycles. The molecule has 0 aromatic heterocycles. The average Bonchev–Trinajstić information content (AvgIpc) is 3.28. The monoisotopic (exact) mass is 448 g/mol. The number of nitrogens with zero attached hydrogens (tertiary/aromatic N) is 1. The molecule has 30 heavy (non-hydrogen) atoms. The van der Waals surface area contributed by atoms with Crippen molar-refractivity contribution in [3.63, 3.8) is 0 Å². The Morgan fingerprint density at radius 2 is 1.93 bits per heavy atom. The molecule has 0 spiro atoms. The number of carbonyl (C=O) groups excluding carboxylic acids is 2. The second-order valence-corrected chi connectivity index (χ2v) is 8.33. The third-order valence-electron chi connectivity index (χ3n) is 5.73. The number of hydrogen-bond acceptors (Lipinski definition) is 4. The van der Waals surface area contributed by atoms with Crippen LogP contribution in [0.1, 0.15) is 29.9 Å². The molecule has 2 amide bonds. The first-order valence-corrected chi connectivity index (χ1v) is 10.5. The fraction of sp³-hybridized carbons (Fsp3) is 0.364. The molecule has 0 aliphatic carbocycles. The summed E-state index contributed by atoms with van der Waals surface area (Å²) in [5.74, 6) is 0.601. The molecule has 8 heteroatoms. The Morgan fingerprint density at radius 3 is 2.63 bits per heavy atom. The van der Waals surface area contributed by atoms with Crippen LogP contribution in [0.2, 0.25) is 10.0 Å². The van der Waals surface area contributed by atoms with E-state index in [1.807, 2.05) is 35.2 Å². The maximum Gasteiger partial charge on any atom is 0.408 e. The van der Waals surface area contributed by atoms with Gasteiger partial charge in [0.05, 0.1) is 17.2 Å². The van der Waals surface area contributed by atoms with Crippen molar-refractivity contribution in [3.05, 3.63) is 63.6 Å². The topological polar surface area (TPSA) is 67.9 Å². The van der Waals surface area contributed by atoms with Crippen LogP contribution in [-0.4, -0.2) is 42.6 Å². The highest BCUT2D eigenvalue weighted by Gasteiger charge is 2.47. The third-order valence-corrected chi connectivity index (χ3v) is 6.55. The van der Waals surface area contributed by atoms with Crippen LogP contribution in [0.5, 0.6) is 5.75 Å². The van der Waals surface area contributed by atoms with Gasteiger partial charge in [0.15, 0.2) is 0 Å². The largest absolute Gasteiger partial charge is 0.496 e. The molecule has 2 fully saturated rings. The normalized spacial score (nSPS) is 22.7. The Hall–Kier alpha value is -2.44. The fourth-order valence-corrected chi connectivity index (χ4v) is 4.80. The Morgan fingerprint density at radius 1 is 1.17 bits per heavy atom. The highest BCUT2D eigenvalue weighted by Crippen LogP contribution is 2.45. The second-order valence-electron chi connectivity index (χ2n) is 7.55. The second kappa shape index (κ2) is 8.74. The summed E-state index contributed by atoms with van der Waals surface area (Å²) in [6.07, 6.45) is 0.685. The molecule has 2 aliphatic rings. The van der Waals surface area contributed by atoms with E-state index in [1.54, 1.807) is 19.2 Å². The summed E-state index contributed by atoms with van der Waals surface area (Å²) in [6.45, 7) is 0.674. The van der Waals surface area contributed by atoms with Crippen molar-refractivity contribution in [3.8, 4) is 5.75 Å². The molecule has 2 aromatic rings. The Labute approximate surface area is 185 Å². The lowest BCUT2D eigenvalue weighted by Crippen LogP contribution is -2.42. The van der Waals surface area contributed by atoms with Crippen molar-refractivity contribution < 1.29 is 19.1 Å². The highest BCUT2D eigenvalue weighted by molar-refractivity contribution is 6.42. The van der Waals surface area contributed by atoms with E-state index < -0.39 is 12.1 Å². The molecule has 0 bridgehead atoms. The van der Waals surface area contributed by atoms with Crippen LogP contribution < -0.4 is 10.1 Å². The van der Waals surface area contributed by atoms with Gasteiger partial charge in [-0.3, -0.25) is 4.79 Å². The number of fused-ring (bicyclic) bond motifs is 1. The lowest BCUT2D eigenvalue weighted by molar-refractivity contribution is -0.129. The average molecular weight is 449 g/mol. The molecular formula is C22H22Cl2N2O4. The molecule has 2 aliphatic heterocycles. The summed E-state index contributed by atoms with van der Waals surface area (Å²) in [4.78, 5) is 26.8. The van der Waals surface area contributed by atoms with E-state index in [1.165, 1.54) is 0 Å². The first kappa shape index (κ1) is 20.8. The number of alkyl carbamates (subject to hydrolysis) is 1. The summed E-state index contributed by atoms with van der Waals surface area (Å²) < 4.78 is 10.7. The van der Waals surface area contributed by atoms with Gasteiger partial charge in [0.25, 0.3) is 0 Å². The molecule has 1 unspecified atom stereocenters. The van der Waals surface area contributed by atoms with E-state index in [0.717, 1.165) is 17.5 Å². The van der Waals surface area contributed by atoms with Gasteiger partial charge in [0.1, 0.15) is 18.4 Å². The van der Waals surface area contributed by atoms with E-state index in [4.69, 9.17) is 32.7 Å². The number of amides is 2. The van der Waals surface area contributed by atoms with Gasteiger partial charge in [-0.15, -0.1) is 0 Å². The van der Waals surface area contributed by atoms with E-state index in [9.17, 15) is 9.59 Å². The first-order chi connectivity index (χ1) is 14.5. The minimum atomic E-state index is -0.588. The smallest absolute Gasteiger partial charge is 0.408 e. The van der Waals surface area contributed by atoms with Crippen molar-refractivity contribution >= 4 is 35.2 Å². The van der Waals surface area contributed by atoms with Crippen molar-refractivity contribution in [2.45, 2.75) is 37.5 Å². The number of carbonyl (C=O) groups is 2. The van der Waals surface area contributed by atoms with Gasteiger partial charge in [0, 0.05) is 24.1 Å². The predicted molar refractivity (Wildman–Crippen MR) is 114 cm³/mol. The number of ether oxygens (including phenoxy) is 2. The Bertz CT molecular complexity index is 954. The number of methoxy groups -OCH3 is 1. The van der Waals surface area contributed by atoms with Crippen LogP contribution in [0.4, 0.5) is 4.79 Å². The van der Waals surface area contributed by atoms with Gasteiger partial charge in [-0.05, 0) is 30.5 Å². The molecule has 1 N–H and O–H groups in total. The molecule has 4 rings (SSSR count). The van der Waals surface area contributed by atoms with Crippen molar-refractivity contribution in [1.29, 1.82) is 0 Å². The van der Waals surface area contributed by atoms with Crippen molar-refractivity contribution in [2.24, 2.45) is 0 Å².